The molecule has 142 valence electrons. The maximum atomic E-state index is 13.2. The Morgan fingerprint density at radius 2 is 1.77 bits per heavy atom. The van der Waals surface area contributed by atoms with Crippen LogP contribution in [-0.2, 0) is 17.9 Å². The summed E-state index contributed by atoms with van der Waals surface area (Å²) in [5.74, 6) is 0.807. The Hall–Kier alpha value is -1.74. The Kier molecular flexibility index (Phi) is 6.94. The van der Waals surface area contributed by atoms with E-state index in [1.165, 1.54) is 5.56 Å². The molecule has 1 heterocycles. The molecule has 0 aliphatic rings. The van der Waals surface area contributed by atoms with Gasteiger partial charge in [-0.05, 0) is 44.4 Å². The number of amides is 1. The highest BCUT2D eigenvalue weighted by molar-refractivity contribution is 6.19. The van der Waals surface area contributed by atoms with Gasteiger partial charge in [-0.2, -0.15) is 0 Å². The van der Waals surface area contributed by atoms with Crippen molar-refractivity contribution < 1.29 is 4.79 Å². The normalized spacial score (nSPS) is 13.0. The number of alkyl halides is 1. The zero-order chi connectivity index (χ0) is 19.3. The average Bonchev–Trinajstić information content (AvgIpc) is 3.06. The van der Waals surface area contributed by atoms with Gasteiger partial charge in [0, 0.05) is 30.4 Å². The molecule has 0 fully saturated rings. The second kappa shape index (κ2) is 8.77. The van der Waals surface area contributed by atoms with Gasteiger partial charge in [-0.3, -0.25) is 4.79 Å². The smallest absolute Gasteiger partial charge is 0.230 e. The molecule has 1 aromatic heterocycles. The second-order valence-electron chi connectivity index (χ2n) is 8.05. The third kappa shape index (κ3) is 4.91. The molecular formula is C22H31ClN2O. The summed E-state index contributed by atoms with van der Waals surface area (Å²) in [6, 6.07) is 14.7. The molecule has 1 amide bonds. The molecule has 2 aromatic rings. The van der Waals surface area contributed by atoms with Crippen molar-refractivity contribution in [2.75, 3.05) is 5.88 Å². The molecule has 0 spiro atoms. The summed E-state index contributed by atoms with van der Waals surface area (Å²) in [6.45, 7) is 11.7. The molecular weight excluding hydrogens is 344 g/mol. The third-order valence-corrected chi connectivity index (χ3v) is 5.75. The summed E-state index contributed by atoms with van der Waals surface area (Å²) >= 11 is 6.08. The molecule has 0 aliphatic carbocycles. The van der Waals surface area contributed by atoms with Crippen LogP contribution in [0, 0.1) is 11.3 Å². The molecule has 0 saturated carbocycles. The van der Waals surface area contributed by atoms with E-state index >= 15 is 0 Å². The zero-order valence-corrected chi connectivity index (χ0v) is 17.3. The molecule has 4 heteroatoms. The summed E-state index contributed by atoms with van der Waals surface area (Å²) in [4.78, 5) is 15.2. The summed E-state index contributed by atoms with van der Waals surface area (Å²) in [5.41, 5.74) is 1.82. The van der Waals surface area contributed by atoms with Gasteiger partial charge in [-0.25, -0.2) is 0 Å². The molecule has 0 radical (unpaired) electrons. The van der Waals surface area contributed by atoms with Crippen LogP contribution in [0.15, 0.2) is 48.7 Å². The first-order valence-corrected chi connectivity index (χ1v) is 9.84. The van der Waals surface area contributed by atoms with Gasteiger partial charge < -0.3 is 9.47 Å². The van der Waals surface area contributed by atoms with Gasteiger partial charge in [-0.1, -0.05) is 44.2 Å². The van der Waals surface area contributed by atoms with Crippen LogP contribution < -0.4 is 0 Å². The topological polar surface area (TPSA) is 25.2 Å². The van der Waals surface area contributed by atoms with Gasteiger partial charge in [0.1, 0.15) is 0 Å². The predicted octanol–water partition coefficient (Wildman–Crippen LogP) is 5.17. The fourth-order valence-corrected chi connectivity index (χ4v) is 3.02. The molecule has 0 bridgehead atoms. The van der Waals surface area contributed by atoms with E-state index in [1.807, 2.05) is 30.9 Å². The van der Waals surface area contributed by atoms with Gasteiger partial charge >= 0.3 is 0 Å². The first-order valence-electron chi connectivity index (χ1n) is 9.31. The fourth-order valence-electron chi connectivity index (χ4n) is 2.91. The van der Waals surface area contributed by atoms with Crippen molar-refractivity contribution in [3.8, 4) is 0 Å². The number of nitrogens with zero attached hydrogens (tertiary/aromatic N) is 2. The number of benzene rings is 1. The number of hydrogen-bond donors (Lipinski definition) is 0. The van der Waals surface area contributed by atoms with Gasteiger partial charge in [0.05, 0.1) is 12.0 Å². The van der Waals surface area contributed by atoms with Crippen LogP contribution in [0.4, 0.5) is 0 Å². The van der Waals surface area contributed by atoms with Gasteiger partial charge in [0.25, 0.3) is 0 Å². The van der Waals surface area contributed by atoms with E-state index < -0.39 is 5.41 Å². The van der Waals surface area contributed by atoms with E-state index in [0.717, 1.165) is 12.2 Å². The van der Waals surface area contributed by atoms with Gasteiger partial charge in [-0.15, -0.1) is 11.6 Å². The molecule has 1 unspecified atom stereocenters. The third-order valence-electron chi connectivity index (χ3n) is 5.08. The Balaban J connectivity index is 2.26. The molecule has 3 nitrogen and oxygen atoms in total. The highest BCUT2D eigenvalue weighted by Crippen LogP contribution is 2.26. The molecule has 26 heavy (non-hydrogen) atoms. The largest absolute Gasteiger partial charge is 0.345 e. The summed E-state index contributed by atoms with van der Waals surface area (Å²) in [5, 5.41) is 0. The Morgan fingerprint density at radius 3 is 2.35 bits per heavy atom. The lowest BCUT2D eigenvalue weighted by molar-refractivity contribution is -0.143. The van der Waals surface area contributed by atoms with Crippen LogP contribution in [0.3, 0.4) is 0 Å². The fraction of sp³-hybridized carbons (Fsp3) is 0.500. The highest BCUT2D eigenvalue weighted by Gasteiger charge is 2.34. The van der Waals surface area contributed by atoms with Crippen LogP contribution in [0.1, 0.15) is 45.9 Å². The molecule has 1 aromatic carbocycles. The molecule has 0 saturated heterocycles. The number of aromatic nitrogens is 1. The van der Waals surface area contributed by atoms with E-state index in [-0.39, 0.29) is 11.9 Å². The minimum atomic E-state index is -0.568. The predicted molar refractivity (Wildman–Crippen MR) is 109 cm³/mol. The quantitative estimate of drug-likeness (QED) is 0.585. The number of halogens is 1. The monoisotopic (exact) mass is 374 g/mol. The summed E-state index contributed by atoms with van der Waals surface area (Å²) in [7, 11) is 0. The number of carbonyl (C=O) groups is 1. The molecule has 0 aliphatic heterocycles. The molecule has 0 N–H and O–H groups in total. The second-order valence-corrected chi connectivity index (χ2v) is 8.32. The van der Waals surface area contributed by atoms with Crippen molar-refractivity contribution in [3.63, 3.8) is 0 Å². The maximum Gasteiger partial charge on any atom is 0.230 e. The van der Waals surface area contributed by atoms with E-state index in [2.05, 4.69) is 61.9 Å². The minimum absolute atomic E-state index is 0.112. The van der Waals surface area contributed by atoms with Crippen LogP contribution in [-0.4, -0.2) is 27.3 Å². The molecule has 2 rings (SSSR count). The van der Waals surface area contributed by atoms with Crippen molar-refractivity contribution >= 4 is 17.5 Å². The van der Waals surface area contributed by atoms with Crippen molar-refractivity contribution in [2.45, 2.75) is 53.8 Å². The van der Waals surface area contributed by atoms with Gasteiger partial charge in [0.2, 0.25) is 5.91 Å². The van der Waals surface area contributed by atoms with Crippen LogP contribution in [0.25, 0.3) is 0 Å². The minimum Gasteiger partial charge on any atom is -0.345 e. The lowest BCUT2D eigenvalue weighted by atomic mass is 9.92. The van der Waals surface area contributed by atoms with Crippen LogP contribution in [0.2, 0.25) is 0 Å². The van der Waals surface area contributed by atoms with Crippen molar-refractivity contribution in [3.05, 3.63) is 59.9 Å². The lowest BCUT2D eigenvalue weighted by Gasteiger charge is -2.37. The van der Waals surface area contributed by atoms with Crippen molar-refractivity contribution in [1.29, 1.82) is 0 Å². The zero-order valence-electron chi connectivity index (χ0n) is 16.6. The van der Waals surface area contributed by atoms with Crippen molar-refractivity contribution in [2.24, 2.45) is 11.3 Å². The standard InChI is InChI=1S/C22H31ClN2O/c1-17(2)18(3)25(21(26)22(4,5)16-23)15-20-12-9-13-24(20)14-19-10-7-6-8-11-19/h6-13,17-18H,14-16H2,1-5H3. The van der Waals surface area contributed by atoms with E-state index in [9.17, 15) is 4.79 Å². The summed E-state index contributed by atoms with van der Waals surface area (Å²) in [6.07, 6.45) is 2.08. The first-order chi connectivity index (χ1) is 12.3. The van der Waals surface area contributed by atoms with E-state index in [1.54, 1.807) is 0 Å². The maximum absolute atomic E-state index is 13.2. The number of carbonyl (C=O) groups excluding carboxylic acids is 1. The van der Waals surface area contributed by atoms with Crippen LogP contribution >= 0.6 is 11.6 Å². The number of rotatable bonds is 8. The first kappa shape index (κ1) is 20.6. The Morgan fingerprint density at radius 1 is 1.12 bits per heavy atom. The Bertz CT molecular complexity index is 706. The van der Waals surface area contributed by atoms with Crippen molar-refractivity contribution in [1.82, 2.24) is 9.47 Å². The lowest BCUT2D eigenvalue weighted by Crippen LogP contribution is -2.48. The molecule has 1 atom stereocenters. The summed E-state index contributed by atoms with van der Waals surface area (Å²) < 4.78 is 2.22. The average molecular weight is 375 g/mol. The number of hydrogen-bond acceptors (Lipinski definition) is 1. The highest BCUT2D eigenvalue weighted by atomic mass is 35.5. The van der Waals surface area contributed by atoms with E-state index in [0.29, 0.717) is 18.3 Å². The van der Waals surface area contributed by atoms with Gasteiger partial charge in [0.15, 0.2) is 0 Å². The Labute approximate surface area is 163 Å². The SMILES string of the molecule is CC(C)C(C)N(Cc1cccn1Cc1ccccc1)C(=O)C(C)(C)CCl. The van der Waals surface area contributed by atoms with Crippen LogP contribution in [0.5, 0.6) is 0 Å². The van der Waals surface area contributed by atoms with E-state index in [4.69, 9.17) is 11.6 Å².